The Morgan fingerprint density at radius 1 is 1.14 bits per heavy atom. The van der Waals surface area contributed by atoms with Gasteiger partial charge in [0.1, 0.15) is 11.3 Å². The molecule has 2 saturated carbocycles. The van der Waals surface area contributed by atoms with Crippen LogP contribution in [-0.2, 0) is 0 Å². The zero-order valence-corrected chi connectivity index (χ0v) is 21.1. The number of aliphatic hydroxyl groups is 1. The number of aromatic nitrogens is 4. The molecule has 2 aliphatic rings. The molecule has 2 aliphatic carbocycles. The Labute approximate surface area is 214 Å². The van der Waals surface area contributed by atoms with Gasteiger partial charge in [-0.05, 0) is 63.0 Å². The van der Waals surface area contributed by atoms with Crippen LogP contribution in [0, 0.1) is 23.1 Å². The molecule has 0 amide bonds. The Morgan fingerprint density at radius 3 is 2.67 bits per heavy atom. The number of nitrogens with zero attached hydrogens (tertiary/aromatic N) is 5. The molecule has 0 radical (unpaired) electrons. The summed E-state index contributed by atoms with van der Waals surface area (Å²) in [5.74, 6) is 0.995. The summed E-state index contributed by atoms with van der Waals surface area (Å²) in [6, 6.07) is 4.77. The van der Waals surface area contributed by atoms with Gasteiger partial charge in [0, 0.05) is 12.1 Å². The molecule has 36 heavy (non-hydrogen) atoms. The molecule has 1 aromatic carbocycles. The third-order valence-corrected chi connectivity index (χ3v) is 7.72. The first-order chi connectivity index (χ1) is 17.4. The van der Waals surface area contributed by atoms with Crippen LogP contribution in [0.15, 0.2) is 18.3 Å². The molecule has 0 unspecified atom stereocenters. The van der Waals surface area contributed by atoms with Crippen LogP contribution in [0.5, 0.6) is 0 Å². The second kappa shape index (κ2) is 10.6. The van der Waals surface area contributed by atoms with Crippen LogP contribution >= 0.6 is 11.6 Å². The number of hydrogen-bond donors (Lipinski definition) is 3. The van der Waals surface area contributed by atoms with Crippen molar-refractivity contribution < 1.29 is 9.50 Å². The van der Waals surface area contributed by atoms with Gasteiger partial charge in [-0.1, -0.05) is 31.4 Å². The summed E-state index contributed by atoms with van der Waals surface area (Å²) >= 11 is 6.33. The van der Waals surface area contributed by atoms with E-state index in [0.717, 1.165) is 57.4 Å². The van der Waals surface area contributed by atoms with Crippen LogP contribution in [-0.4, -0.2) is 36.8 Å². The molecule has 8 nitrogen and oxygen atoms in total. The third-order valence-electron chi connectivity index (χ3n) is 7.42. The number of rotatable bonds is 5. The summed E-state index contributed by atoms with van der Waals surface area (Å²) in [6.07, 6.45) is 10.0. The SMILES string of the molecule is C[C@H]1CC[C@@H](n2c(Nc3c(F)cc(C#N)cc3Cl)nc3cnc(N[C@H]4CCCC[C@H](O)C4)nc32)CC1. The van der Waals surface area contributed by atoms with Crippen LogP contribution in [0.25, 0.3) is 11.2 Å². The Kier molecular flexibility index (Phi) is 7.26. The van der Waals surface area contributed by atoms with E-state index in [0.29, 0.717) is 35.4 Å². The number of hydrogen-bond acceptors (Lipinski definition) is 7. The lowest BCUT2D eigenvalue weighted by molar-refractivity contribution is 0.154. The molecule has 2 heterocycles. The number of aliphatic hydroxyl groups excluding tert-OH is 1. The second-order valence-electron chi connectivity index (χ2n) is 10.2. The summed E-state index contributed by atoms with van der Waals surface area (Å²) in [5, 5.41) is 25.9. The van der Waals surface area contributed by atoms with Crippen LogP contribution in [0.2, 0.25) is 5.02 Å². The van der Waals surface area contributed by atoms with Crippen LogP contribution in [0.3, 0.4) is 0 Å². The third kappa shape index (κ3) is 5.25. The highest BCUT2D eigenvalue weighted by atomic mass is 35.5. The molecule has 2 aromatic heterocycles. The zero-order chi connectivity index (χ0) is 25.2. The van der Waals surface area contributed by atoms with Gasteiger partial charge in [0.2, 0.25) is 11.9 Å². The molecule has 0 aliphatic heterocycles. The fourth-order valence-electron chi connectivity index (χ4n) is 5.41. The van der Waals surface area contributed by atoms with Gasteiger partial charge in [-0.2, -0.15) is 10.2 Å². The molecule has 2 atom stereocenters. The van der Waals surface area contributed by atoms with E-state index < -0.39 is 5.82 Å². The quantitative estimate of drug-likeness (QED) is 0.355. The smallest absolute Gasteiger partial charge is 0.224 e. The number of imidazole rings is 1. The minimum absolute atomic E-state index is 0.0788. The van der Waals surface area contributed by atoms with Gasteiger partial charge in [-0.25, -0.2) is 14.4 Å². The van der Waals surface area contributed by atoms with Crippen molar-refractivity contribution in [3.63, 3.8) is 0 Å². The first kappa shape index (κ1) is 24.7. The predicted molar refractivity (Wildman–Crippen MR) is 138 cm³/mol. The predicted octanol–water partition coefficient (Wildman–Crippen LogP) is 6.09. The minimum atomic E-state index is -0.615. The van der Waals surface area contributed by atoms with Gasteiger partial charge in [-0.15, -0.1) is 0 Å². The zero-order valence-electron chi connectivity index (χ0n) is 20.3. The average molecular weight is 512 g/mol. The largest absolute Gasteiger partial charge is 0.393 e. The fraction of sp³-hybridized carbons (Fsp3) is 0.538. The highest BCUT2D eigenvalue weighted by Gasteiger charge is 2.27. The number of anilines is 3. The normalized spacial score (nSPS) is 24.8. The van der Waals surface area contributed by atoms with E-state index in [1.165, 1.54) is 6.07 Å². The number of benzene rings is 1. The minimum Gasteiger partial charge on any atom is -0.393 e. The fourth-order valence-corrected chi connectivity index (χ4v) is 5.67. The van der Waals surface area contributed by atoms with Gasteiger partial charge in [0.25, 0.3) is 0 Å². The van der Waals surface area contributed by atoms with Crippen molar-refractivity contribution >= 4 is 40.3 Å². The van der Waals surface area contributed by atoms with Crippen molar-refractivity contribution in [3.8, 4) is 6.07 Å². The standard InChI is InChI=1S/C26H31ClFN7O/c1-15-6-8-18(9-7-15)35-24-22(14-30-25(34-24)31-17-4-2-3-5-19(36)12-17)32-26(35)33-23-20(27)10-16(13-29)11-21(23)28/h10-11,14-15,17-19,36H,2-9,12H2,1H3,(H,32,33)(H,30,31,34)/t15-,17-,18+,19-/m0/s1. The molecule has 0 spiro atoms. The maximum Gasteiger partial charge on any atom is 0.224 e. The molecule has 0 bridgehead atoms. The van der Waals surface area contributed by atoms with Crippen LogP contribution in [0.1, 0.15) is 76.3 Å². The topological polar surface area (TPSA) is 112 Å². The van der Waals surface area contributed by atoms with E-state index in [4.69, 9.17) is 26.8 Å². The lowest BCUT2D eigenvalue weighted by Crippen LogP contribution is -2.24. The highest BCUT2D eigenvalue weighted by molar-refractivity contribution is 6.33. The maximum absolute atomic E-state index is 14.9. The Bertz CT molecular complexity index is 1260. The van der Waals surface area contributed by atoms with Crippen LogP contribution < -0.4 is 10.6 Å². The molecular weight excluding hydrogens is 481 g/mol. The summed E-state index contributed by atoms with van der Waals surface area (Å²) < 4.78 is 16.9. The second-order valence-corrected chi connectivity index (χ2v) is 10.6. The van der Waals surface area contributed by atoms with Gasteiger partial charge < -0.3 is 15.7 Å². The Morgan fingerprint density at radius 2 is 1.92 bits per heavy atom. The lowest BCUT2D eigenvalue weighted by atomic mass is 9.87. The summed E-state index contributed by atoms with van der Waals surface area (Å²) in [5.41, 5.74) is 1.51. The van der Waals surface area contributed by atoms with Crippen molar-refractivity contribution in [1.29, 1.82) is 5.26 Å². The van der Waals surface area contributed by atoms with Crippen LogP contribution in [0.4, 0.5) is 22.0 Å². The van der Waals surface area contributed by atoms with Crippen molar-refractivity contribution in [2.75, 3.05) is 10.6 Å². The van der Waals surface area contributed by atoms with Gasteiger partial charge in [0.05, 0.1) is 34.6 Å². The monoisotopic (exact) mass is 511 g/mol. The first-order valence-electron chi connectivity index (χ1n) is 12.8. The lowest BCUT2D eigenvalue weighted by Gasteiger charge is -2.28. The van der Waals surface area contributed by atoms with Crippen molar-refractivity contribution in [3.05, 3.63) is 34.7 Å². The Balaban J connectivity index is 1.52. The summed E-state index contributed by atoms with van der Waals surface area (Å²) in [7, 11) is 0. The van der Waals surface area contributed by atoms with E-state index in [2.05, 4.69) is 22.5 Å². The molecule has 2 fully saturated rings. The van der Waals surface area contributed by atoms with E-state index in [-0.39, 0.29) is 34.5 Å². The molecular formula is C26H31ClFN7O. The maximum atomic E-state index is 14.9. The van der Waals surface area contributed by atoms with E-state index in [9.17, 15) is 9.50 Å². The summed E-state index contributed by atoms with van der Waals surface area (Å²) in [4.78, 5) is 14.0. The molecule has 190 valence electrons. The molecule has 10 heteroatoms. The first-order valence-corrected chi connectivity index (χ1v) is 13.1. The molecule has 3 N–H and O–H groups in total. The number of fused-ring (bicyclic) bond motifs is 1. The molecule has 3 aromatic rings. The van der Waals surface area contributed by atoms with E-state index >= 15 is 0 Å². The summed E-state index contributed by atoms with van der Waals surface area (Å²) in [6.45, 7) is 2.26. The van der Waals surface area contributed by atoms with Crippen molar-refractivity contribution in [2.45, 2.75) is 82.9 Å². The van der Waals surface area contributed by atoms with Crippen molar-refractivity contribution in [2.24, 2.45) is 5.92 Å². The van der Waals surface area contributed by atoms with Gasteiger partial charge in [-0.3, -0.25) is 4.57 Å². The van der Waals surface area contributed by atoms with Gasteiger partial charge in [0.15, 0.2) is 5.65 Å². The average Bonchev–Trinajstić information content (AvgIpc) is 3.08. The van der Waals surface area contributed by atoms with E-state index in [1.54, 1.807) is 6.20 Å². The van der Waals surface area contributed by atoms with Crippen molar-refractivity contribution in [1.82, 2.24) is 19.5 Å². The number of halogens is 2. The number of nitriles is 1. The highest BCUT2D eigenvalue weighted by Crippen LogP contribution is 2.38. The Hall–Kier alpha value is -2.96. The molecule has 0 saturated heterocycles. The van der Waals surface area contributed by atoms with Gasteiger partial charge >= 0.3 is 0 Å². The van der Waals surface area contributed by atoms with E-state index in [1.807, 2.05) is 10.6 Å². The number of nitrogens with one attached hydrogen (secondary N) is 2. The molecule has 5 rings (SSSR count).